The summed E-state index contributed by atoms with van der Waals surface area (Å²) in [6, 6.07) is 4.83. The van der Waals surface area contributed by atoms with Crippen LogP contribution < -0.4 is 5.32 Å². The Balaban J connectivity index is 2.21. The first-order valence-electron chi connectivity index (χ1n) is 6.93. The maximum atomic E-state index is 11.8. The fourth-order valence-electron chi connectivity index (χ4n) is 2.31. The van der Waals surface area contributed by atoms with Gasteiger partial charge in [0.05, 0.1) is 10.7 Å². The summed E-state index contributed by atoms with van der Waals surface area (Å²) in [6.45, 7) is 3.30. The first-order chi connectivity index (χ1) is 9.94. The molecule has 0 saturated carbocycles. The zero-order valence-electron chi connectivity index (χ0n) is 11.9. The molecule has 1 aromatic carbocycles. The summed E-state index contributed by atoms with van der Waals surface area (Å²) in [6.07, 6.45) is 1.48. The number of hydrogen-bond acceptors (Lipinski definition) is 5. The van der Waals surface area contributed by atoms with E-state index in [9.17, 15) is 18.5 Å². The number of benzene rings is 1. The Morgan fingerprint density at radius 1 is 1.43 bits per heavy atom. The molecule has 2 rings (SSSR count). The van der Waals surface area contributed by atoms with E-state index in [1.165, 1.54) is 10.4 Å². The van der Waals surface area contributed by atoms with Crippen molar-refractivity contribution in [3.63, 3.8) is 0 Å². The van der Waals surface area contributed by atoms with Crippen LogP contribution in [0.25, 0.3) is 0 Å². The average Bonchev–Trinajstić information content (AvgIpc) is 2.76. The monoisotopic (exact) mass is 313 g/mol. The molecule has 1 heterocycles. The molecule has 0 aliphatic carbocycles. The third kappa shape index (κ3) is 3.70. The summed E-state index contributed by atoms with van der Waals surface area (Å²) >= 11 is 0. The summed E-state index contributed by atoms with van der Waals surface area (Å²) in [7, 11) is -3.19. The lowest BCUT2D eigenvalue weighted by molar-refractivity contribution is -0.384. The van der Waals surface area contributed by atoms with Gasteiger partial charge in [-0.15, -0.1) is 0 Å². The minimum absolute atomic E-state index is 0.0162. The highest BCUT2D eigenvalue weighted by molar-refractivity contribution is 7.89. The first-order valence-corrected chi connectivity index (χ1v) is 8.54. The van der Waals surface area contributed by atoms with Crippen LogP contribution >= 0.6 is 0 Å². The van der Waals surface area contributed by atoms with Crippen molar-refractivity contribution in [3.8, 4) is 0 Å². The first kappa shape index (κ1) is 15.7. The van der Waals surface area contributed by atoms with Crippen molar-refractivity contribution in [1.82, 2.24) is 4.31 Å². The van der Waals surface area contributed by atoms with E-state index in [1.807, 2.05) is 6.92 Å². The summed E-state index contributed by atoms with van der Waals surface area (Å²) in [5.74, 6) is 0.158. The van der Waals surface area contributed by atoms with Crippen molar-refractivity contribution >= 4 is 21.4 Å². The van der Waals surface area contributed by atoms with Crippen LogP contribution in [0.4, 0.5) is 11.4 Å². The van der Waals surface area contributed by atoms with E-state index < -0.39 is 14.9 Å². The van der Waals surface area contributed by atoms with Gasteiger partial charge in [0.15, 0.2) is 0 Å². The Morgan fingerprint density at radius 2 is 2.19 bits per heavy atom. The van der Waals surface area contributed by atoms with Crippen LogP contribution in [0.5, 0.6) is 0 Å². The molecule has 0 unspecified atom stereocenters. The number of nitro groups is 1. The molecule has 8 heteroatoms. The molecule has 116 valence electrons. The Morgan fingerprint density at radius 3 is 2.76 bits per heavy atom. The Labute approximate surface area is 124 Å². The van der Waals surface area contributed by atoms with E-state index in [0.29, 0.717) is 30.8 Å². The van der Waals surface area contributed by atoms with E-state index >= 15 is 0 Å². The molecule has 1 N–H and O–H groups in total. The summed E-state index contributed by atoms with van der Waals surface area (Å²) in [4.78, 5) is 10.7. The molecule has 1 aliphatic rings. The molecule has 0 radical (unpaired) electrons. The van der Waals surface area contributed by atoms with Crippen LogP contribution in [0.1, 0.15) is 25.3 Å². The van der Waals surface area contributed by atoms with Crippen molar-refractivity contribution in [2.24, 2.45) is 0 Å². The molecule has 7 nitrogen and oxygen atoms in total. The molecule has 0 atom stereocenters. The van der Waals surface area contributed by atoms with Crippen molar-refractivity contribution < 1.29 is 13.3 Å². The molecule has 0 amide bonds. The smallest absolute Gasteiger partial charge is 0.292 e. The SMILES string of the molecule is CCCNc1ccc(CN2CCCS2(=O)=O)cc1[N+](=O)[O-]. The predicted octanol–water partition coefficient (Wildman–Crippen LogP) is 1.95. The standard InChI is InChI=1S/C13H19N3O4S/c1-2-6-14-12-5-4-11(9-13(12)16(17)18)10-15-7-3-8-21(15,19)20/h4-5,9,14H,2-3,6-8,10H2,1H3. The van der Waals surface area contributed by atoms with Gasteiger partial charge in [-0.2, -0.15) is 4.31 Å². The Bertz CT molecular complexity index is 630. The quantitative estimate of drug-likeness (QED) is 0.640. The molecular formula is C13H19N3O4S. The fraction of sp³-hybridized carbons (Fsp3) is 0.538. The lowest BCUT2D eigenvalue weighted by Crippen LogP contribution is -2.25. The topological polar surface area (TPSA) is 92.6 Å². The average molecular weight is 313 g/mol. The molecule has 0 spiro atoms. The zero-order chi connectivity index (χ0) is 15.5. The van der Waals surface area contributed by atoms with Gasteiger partial charge in [-0.25, -0.2) is 8.42 Å². The van der Waals surface area contributed by atoms with Crippen LogP contribution in [0.2, 0.25) is 0 Å². The number of hydrogen-bond donors (Lipinski definition) is 1. The second kappa shape index (κ2) is 6.40. The van der Waals surface area contributed by atoms with Crippen molar-refractivity contribution in [3.05, 3.63) is 33.9 Å². The predicted molar refractivity (Wildman–Crippen MR) is 80.7 cm³/mol. The molecule has 0 bridgehead atoms. The molecule has 1 saturated heterocycles. The molecule has 1 fully saturated rings. The van der Waals surface area contributed by atoms with Crippen molar-refractivity contribution in [1.29, 1.82) is 0 Å². The van der Waals surface area contributed by atoms with Crippen molar-refractivity contribution in [2.75, 3.05) is 24.2 Å². The number of sulfonamides is 1. The Kier molecular flexibility index (Phi) is 4.79. The second-order valence-corrected chi connectivity index (χ2v) is 7.13. The fourth-order valence-corrected chi connectivity index (χ4v) is 3.81. The van der Waals surface area contributed by atoms with Gasteiger partial charge >= 0.3 is 0 Å². The van der Waals surface area contributed by atoms with Gasteiger partial charge in [-0.05, 0) is 24.5 Å². The Hall–Kier alpha value is -1.67. The molecular weight excluding hydrogens is 294 g/mol. The number of nitro benzene ring substituents is 1. The zero-order valence-corrected chi connectivity index (χ0v) is 12.7. The van der Waals surface area contributed by atoms with Crippen molar-refractivity contribution in [2.45, 2.75) is 26.3 Å². The number of rotatable bonds is 6. The largest absolute Gasteiger partial charge is 0.380 e. The van der Waals surface area contributed by atoms with Gasteiger partial charge in [-0.3, -0.25) is 10.1 Å². The second-order valence-electron chi connectivity index (χ2n) is 5.04. The summed E-state index contributed by atoms with van der Waals surface area (Å²) in [5, 5.41) is 14.1. The highest BCUT2D eigenvalue weighted by atomic mass is 32.2. The third-order valence-corrected chi connectivity index (χ3v) is 5.29. The van der Waals surface area contributed by atoms with Gasteiger partial charge in [0.2, 0.25) is 10.0 Å². The van der Waals surface area contributed by atoms with Crippen LogP contribution in [0.3, 0.4) is 0 Å². The maximum absolute atomic E-state index is 11.8. The summed E-state index contributed by atoms with van der Waals surface area (Å²) in [5.41, 5.74) is 1.08. The molecule has 1 aliphatic heterocycles. The van der Waals surface area contributed by atoms with Gasteiger partial charge in [0.25, 0.3) is 5.69 Å². The van der Waals surface area contributed by atoms with E-state index in [1.54, 1.807) is 12.1 Å². The lowest BCUT2D eigenvalue weighted by atomic mass is 10.1. The van der Waals surface area contributed by atoms with Gasteiger partial charge in [-0.1, -0.05) is 13.0 Å². The minimum Gasteiger partial charge on any atom is -0.380 e. The van der Waals surface area contributed by atoms with Gasteiger partial charge < -0.3 is 5.32 Å². The number of anilines is 1. The van der Waals surface area contributed by atoms with Crippen LogP contribution in [0.15, 0.2) is 18.2 Å². The highest BCUT2D eigenvalue weighted by Gasteiger charge is 2.28. The van der Waals surface area contributed by atoms with Crippen LogP contribution in [-0.2, 0) is 16.6 Å². The van der Waals surface area contributed by atoms with Crippen LogP contribution in [-0.4, -0.2) is 36.5 Å². The van der Waals surface area contributed by atoms with Gasteiger partial charge in [0, 0.05) is 25.7 Å². The van der Waals surface area contributed by atoms with E-state index in [2.05, 4.69) is 5.32 Å². The summed E-state index contributed by atoms with van der Waals surface area (Å²) < 4.78 is 24.9. The number of nitrogens with one attached hydrogen (secondary N) is 1. The van der Waals surface area contributed by atoms with Crippen LogP contribution in [0, 0.1) is 10.1 Å². The van der Waals surface area contributed by atoms with E-state index in [4.69, 9.17) is 0 Å². The van der Waals surface area contributed by atoms with E-state index in [0.717, 1.165) is 6.42 Å². The molecule has 0 aromatic heterocycles. The molecule has 21 heavy (non-hydrogen) atoms. The highest BCUT2D eigenvalue weighted by Crippen LogP contribution is 2.27. The minimum atomic E-state index is -3.19. The lowest BCUT2D eigenvalue weighted by Gasteiger charge is -2.14. The third-order valence-electron chi connectivity index (χ3n) is 3.39. The van der Waals surface area contributed by atoms with E-state index in [-0.39, 0.29) is 18.0 Å². The maximum Gasteiger partial charge on any atom is 0.292 e. The van der Waals surface area contributed by atoms with Gasteiger partial charge in [0.1, 0.15) is 5.69 Å². The number of nitrogens with zero attached hydrogens (tertiary/aromatic N) is 2. The normalized spacial score (nSPS) is 17.8. The molecule has 1 aromatic rings.